The molecule has 0 atom stereocenters. The van der Waals surface area contributed by atoms with E-state index in [1.165, 1.54) is 66.8 Å². The lowest BCUT2D eigenvalue weighted by atomic mass is 9.84. The van der Waals surface area contributed by atoms with Crippen molar-refractivity contribution in [2.75, 3.05) is 0 Å². The number of benzene rings is 6. The van der Waals surface area contributed by atoms with E-state index in [9.17, 15) is 0 Å². The summed E-state index contributed by atoms with van der Waals surface area (Å²) in [5.41, 5.74) is 15.2. The van der Waals surface area contributed by atoms with E-state index in [1.54, 1.807) is 0 Å². The van der Waals surface area contributed by atoms with Gasteiger partial charge in [0, 0.05) is 20.1 Å². The molecule has 0 bridgehead atoms. The van der Waals surface area contributed by atoms with Crippen LogP contribution < -0.4 is 0 Å². The third-order valence-electron chi connectivity index (χ3n) is 7.92. The van der Waals surface area contributed by atoms with Gasteiger partial charge in [-0.25, -0.2) is 0 Å². The highest BCUT2D eigenvalue weighted by molar-refractivity contribution is 9.11. The van der Waals surface area contributed by atoms with Crippen LogP contribution in [0.4, 0.5) is 0 Å². The normalized spacial score (nSPS) is 11.0. The summed E-state index contributed by atoms with van der Waals surface area (Å²) >= 11 is 7.99. The summed E-state index contributed by atoms with van der Waals surface area (Å²) in [7, 11) is 0. The van der Waals surface area contributed by atoms with E-state index in [4.69, 9.17) is 0 Å². The van der Waals surface area contributed by atoms with Crippen molar-refractivity contribution in [3.05, 3.63) is 165 Å². The van der Waals surface area contributed by atoms with Gasteiger partial charge in [-0.05, 0) is 88.0 Å². The molecule has 0 amide bonds. The molecule has 0 unspecified atom stereocenters. The zero-order valence-corrected chi connectivity index (χ0v) is 26.3. The molecule has 6 aromatic rings. The Hall–Kier alpha value is -3.72. The third-order valence-corrected chi connectivity index (χ3v) is 9.17. The maximum atomic E-state index is 4.00. The summed E-state index contributed by atoms with van der Waals surface area (Å²) in [6, 6.07) is 47.6. The largest absolute Gasteiger partial charge is 0.0622 e. The quantitative estimate of drug-likeness (QED) is 0.167. The molecule has 0 nitrogen and oxygen atoms in total. The van der Waals surface area contributed by atoms with Gasteiger partial charge in [0.2, 0.25) is 0 Å². The van der Waals surface area contributed by atoms with Crippen molar-refractivity contribution in [2.45, 2.75) is 20.3 Å². The lowest BCUT2D eigenvalue weighted by Crippen LogP contribution is -2.02. The highest BCUT2D eigenvalue weighted by Gasteiger charge is 2.21. The first-order valence-corrected chi connectivity index (χ1v) is 15.5. The highest BCUT2D eigenvalue weighted by Crippen LogP contribution is 2.45. The van der Waals surface area contributed by atoms with Gasteiger partial charge in [-0.3, -0.25) is 0 Å². The standard InChI is InChI=1S/C39H30Br2/c1-26-32(24-34(40)38(30-19-11-5-12-20-30)36(26)28-15-7-3-8-16-28)23-33-25-35(41)39(31-21-13-6-14-22-31)37(27(33)2)29-17-9-4-10-18-29/h3-22,24-25H,23H2,1-2H3. The second-order valence-corrected chi connectivity index (χ2v) is 12.1. The minimum Gasteiger partial charge on any atom is -0.0622 e. The van der Waals surface area contributed by atoms with Gasteiger partial charge >= 0.3 is 0 Å². The minimum absolute atomic E-state index is 0.832. The first-order chi connectivity index (χ1) is 20.0. The Labute approximate surface area is 260 Å². The monoisotopic (exact) mass is 656 g/mol. The molecule has 41 heavy (non-hydrogen) atoms. The second kappa shape index (κ2) is 12.0. The van der Waals surface area contributed by atoms with E-state index in [0.29, 0.717) is 0 Å². The predicted molar refractivity (Wildman–Crippen MR) is 182 cm³/mol. The maximum absolute atomic E-state index is 4.00. The molecule has 2 heteroatoms. The first kappa shape index (κ1) is 27.4. The van der Waals surface area contributed by atoms with Crippen molar-refractivity contribution in [1.29, 1.82) is 0 Å². The molecule has 6 rings (SSSR count). The summed E-state index contributed by atoms with van der Waals surface area (Å²) in [5.74, 6) is 0. The molecular weight excluding hydrogens is 628 g/mol. The average molecular weight is 658 g/mol. The number of halogens is 2. The third kappa shape index (κ3) is 5.47. The zero-order valence-electron chi connectivity index (χ0n) is 23.2. The van der Waals surface area contributed by atoms with Crippen LogP contribution in [0.25, 0.3) is 44.5 Å². The van der Waals surface area contributed by atoms with Crippen LogP contribution in [0.1, 0.15) is 22.3 Å². The van der Waals surface area contributed by atoms with Gasteiger partial charge in [-0.1, -0.05) is 153 Å². The fraction of sp³-hybridized carbons (Fsp3) is 0.0769. The van der Waals surface area contributed by atoms with Gasteiger partial charge in [0.15, 0.2) is 0 Å². The van der Waals surface area contributed by atoms with Crippen molar-refractivity contribution in [3.8, 4) is 44.5 Å². The van der Waals surface area contributed by atoms with Crippen molar-refractivity contribution in [3.63, 3.8) is 0 Å². The highest BCUT2D eigenvalue weighted by atomic mass is 79.9. The van der Waals surface area contributed by atoms with Crippen LogP contribution in [0.15, 0.2) is 142 Å². The van der Waals surface area contributed by atoms with Gasteiger partial charge in [-0.2, -0.15) is 0 Å². The van der Waals surface area contributed by atoms with Crippen LogP contribution in [0.5, 0.6) is 0 Å². The van der Waals surface area contributed by atoms with E-state index in [0.717, 1.165) is 15.4 Å². The van der Waals surface area contributed by atoms with Crippen LogP contribution in [-0.4, -0.2) is 0 Å². The van der Waals surface area contributed by atoms with Crippen LogP contribution in [0, 0.1) is 13.8 Å². The van der Waals surface area contributed by atoms with Gasteiger partial charge < -0.3 is 0 Å². The van der Waals surface area contributed by atoms with E-state index in [-0.39, 0.29) is 0 Å². The Balaban J connectivity index is 1.55. The number of rotatable bonds is 6. The molecule has 0 aliphatic rings. The molecule has 0 spiro atoms. The fourth-order valence-corrected chi connectivity index (χ4v) is 7.29. The van der Waals surface area contributed by atoms with Gasteiger partial charge in [0.25, 0.3) is 0 Å². The van der Waals surface area contributed by atoms with Gasteiger partial charge in [0.05, 0.1) is 0 Å². The lowest BCUT2D eigenvalue weighted by molar-refractivity contribution is 1.13. The molecular formula is C39H30Br2. The van der Waals surface area contributed by atoms with Crippen LogP contribution in [-0.2, 0) is 6.42 Å². The Morgan fingerprint density at radius 2 is 0.659 bits per heavy atom. The number of hydrogen-bond acceptors (Lipinski definition) is 0. The van der Waals surface area contributed by atoms with E-state index in [2.05, 4.69) is 179 Å². The molecule has 0 saturated carbocycles. The Morgan fingerprint density at radius 1 is 0.390 bits per heavy atom. The SMILES string of the molecule is Cc1c(Cc2cc(Br)c(-c3ccccc3)c(-c3ccccc3)c2C)cc(Br)c(-c2ccccc2)c1-c1ccccc1. The maximum Gasteiger partial charge on any atom is 0.0263 e. The Morgan fingerprint density at radius 3 is 0.951 bits per heavy atom. The zero-order chi connectivity index (χ0) is 28.3. The molecule has 0 radical (unpaired) electrons. The molecule has 0 aliphatic heterocycles. The Kier molecular flexibility index (Phi) is 8.05. The summed E-state index contributed by atoms with van der Waals surface area (Å²) in [6.07, 6.45) is 0.832. The summed E-state index contributed by atoms with van der Waals surface area (Å²) < 4.78 is 2.23. The summed E-state index contributed by atoms with van der Waals surface area (Å²) in [5, 5.41) is 0. The summed E-state index contributed by atoms with van der Waals surface area (Å²) in [4.78, 5) is 0. The predicted octanol–water partition coefficient (Wildman–Crippen LogP) is 12.1. The van der Waals surface area contributed by atoms with Crippen molar-refractivity contribution >= 4 is 31.9 Å². The van der Waals surface area contributed by atoms with Crippen LogP contribution in [0.2, 0.25) is 0 Å². The molecule has 0 N–H and O–H groups in total. The smallest absolute Gasteiger partial charge is 0.0263 e. The van der Waals surface area contributed by atoms with E-state index < -0.39 is 0 Å². The first-order valence-electron chi connectivity index (χ1n) is 13.9. The van der Waals surface area contributed by atoms with E-state index in [1.807, 2.05) is 0 Å². The lowest BCUT2D eigenvalue weighted by Gasteiger charge is -2.22. The molecule has 200 valence electrons. The van der Waals surface area contributed by atoms with Crippen molar-refractivity contribution < 1.29 is 0 Å². The van der Waals surface area contributed by atoms with E-state index >= 15 is 0 Å². The second-order valence-electron chi connectivity index (χ2n) is 10.4. The van der Waals surface area contributed by atoms with Crippen LogP contribution in [0.3, 0.4) is 0 Å². The van der Waals surface area contributed by atoms with Gasteiger partial charge in [-0.15, -0.1) is 0 Å². The molecule has 0 saturated heterocycles. The fourth-order valence-electron chi connectivity index (χ4n) is 5.88. The van der Waals surface area contributed by atoms with Crippen molar-refractivity contribution in [2.24, 2.45) is 0 Å². The topological polar surface area (TPSA) is 0 Å². The molecule has 0 aromatic heterocycles. The molecule has 0 fully saturated rings. The molecule has 0 aliphatic carbocycles. The van der Waals surface area contributed by atoms with Crippen LogP contribution >= 0.6 is 31.9 Å². The van der Waals surface area contributed by atoms with Crippen molar-refractivity contribution in [1.82, 2.24) is 0 Å². The average Bonchev–Trinajstić information content (AvgIpc) is 3.01. The molecule has 6 aromatic carbocycles. The minimum atomic E-state index is 0.832. The molecule has 0 heterocycles. The van der Waals surface area contributed by atoms with Gasteiger partial charge in [0.1, 0.15) is 0 Å². The Bertz CT molecular complexity index is 1670. The summed E-state index contributed by atoms with van der Waals surface area (Å²) in [6.45, 7) is 4.55. The number of hydrogen-bond donors (Lipinski definition) is 0.